The molecule has 0 saturated carbocycles. The minimum atomic E-state index is 0.0555. The van der Waals surface area contributed by atoms with Gasteiger partial charge in [0.2, 0.25) is 5.91 Å². The van der Waals surface area contributed by atoms with Crippen molar-refractivity contribution < 1.29 is 9.53 Å². The number of hydrogen-bond acceptors (Lipinski definition) is 2. The molecule has 1 aromatic carbocycles. The van der Waals surface area contributed by atoms with Gasteiger partial charge in [0.05, 0.1) is 0 Å². The third kappa shape index (κ3) is 5.50. The van der Waals surface area contributed by atoms with Crippen molar-refractivity contribution >= 4 is 5.91 Å². The molecule has 3 nitrogen and oxygen atoms in total. The number of benzene rings is 1. The van der Waals surface area contributed by atoms with E-state index in [0.29, 0.717) is 6.61 Å². The lowest BCUT2D eigenvalue weighted by molar-refractivity contribution is -0.134. The zero-order valence-electron chi connectivity index (χ0n) is 10.7. The van der Waals surface area contributed by atoms with Crippen LogP contribution in [0.4, 0.5) is 0 Å². The molecule has 0 bridgehead atoms. The van der Waals surface area contributed by atoms with Crippen LogP contribution in [0.3, 0.4) is 0 Å². The molecule has 1 amide bonds. The smallest absolute Gasteiger partial charge is 0.248 e. The van der Waals surface area contributed by atoms with Gasteiger partial charge in [0, 0.05) is 20.2 Å². The van der Waals surface area contributed by atoms with Crippen LogP contribution >= 0.6 is 0 Å². The Balaban J connectivity index is 2.20. The minimum absolute atomic E-state index is 0.0555. The molecular formula is C14H21NO2. The molecule has 0 aliphatic carbocycles. The highest BCUT2D eigenvalue weighted by Crippen LogP contribution is 2.03. The SMILES string of the molecule is CCOCC(=O)N(C)CCCc1ccccc1. The summed E-state index contributed by atoms with van der Waals surface area (Å²) < 4.78 is 5.09. The maximum absolute atomic E-state index is 11.5. The van der Waals surface area contributed by atoms with Crippen molar-refractivity contribution in [3.05, 3.63) is 35.9 Å². The molecule has 0 N–H and O–H groups in total. The quantitative estimate of drug-likeness (QED) is 0.724. The van der Waals surface area contributed by atoms with Crippen LogP contribution < -0.4 is 0 Å². The molecule has 0 atom stereocenters. The summed E-state index contributed by atoms with van der Waals surface area (Å²) in [6.45, 7) is 3.45. The molecule has 0 spiro atoms. The first kappa shape index (κ1) is 13.7. The maximum Gasteiger partial charge on any atom is 0.248 e. The van der Waals surface area contributed by atoms with Gasteiger partial charge in [-0.2, -0.15) is 0 Å². The zero-order chi connectivity index (χ0) is 12.5. The monoisotopic (exact) mass is 235 g/mol. The summed E-state index contributed by atoms with van der Waals surface area (Å²) in [5.41, 5.74) is 1.32. The van der Waals surface area contributed by atoms with Crippen molar-refractivity contribution in [1.29, 1.82) is 0 Å². The summed E-state index contributed by atoms with van der Waals surface area (Å²) in [6, 6.07) is 10.3. The summed E-state index contributed by atoms with van der Waals surface area (Å²) in [7, 11) is 1.83. The lowest BCUT2D eigenvalue weighted by Crippen LogP contribution is -2.31. The Bertz CT molecular complexity index is 324. The summed E-state index contributed by atoms with van der Waals surface area (Å²) in [4.78, 5) is 13.3. The zero-order valence-corrected chi connectivity index (χ0v) is 10.7. The number of amides is 1. The Hall–Kier alpha value is -1.35. The van der Waals surface area contributed by atoms with Gasteiger partial charge in [0.15, 0.2) is 0 Å². The Morgan fingerprint density at radius 3 is 2.65 bits per heavy atom. The first-order valence-corrected chi connectivity index (χ1v) is 6.09. The fourth-order valence-corrected chi connectivity index (χ4v) is 1.59. The van der Waals surface area contributed by atoms with Gasteiger partial charge in [-0.3, -0.25) is 4.79 Å². The van der Waals surface area contributed by atoms with Crippen molar-refractivity contribution in [2.75, 3.05) is 26.8 Å². The highest BCUT2D eigenvalue weighted by atomic mass is 16.5. The van der Waals surface area contributed by atoms with E-state index in [0.717, 1.165) is 19.4 Å². The first-order chi connectivity index (χ1) is 8.24. The Labute approximate surface area is 103 Å². The van der Waals surface area contributed by atoms with E-state index in [4.69, 9.17) is 4.74 Å². The number of likely N-dealkylation sites (N-methyl/N-ethyl adjacent to an activating group) is 1. The number of nitrogens with zero attached hydrogens (tertiary/aromatic N) is 1. The molecule has 94 valence electrons. The lowest BCUT2D eigenvalue weighted by atomic mass is 10.1. The van der Waals surface area contributed by atoms with E-state index >= 15 is 0 Å². The van der Waals surface area contributed by atoms with Crippen LogP contribution in [0, 0.1) is 0 Å². The van der Waals surface area contributed by atoms with Crippen molar-refractivity contribution in [1.82, 2.24) is 4.90 Å². The molecule has 0 aliphatic heterocycles. The molecule has 0 fully saturated rings. The van der Waals surface area contributed by atoms with Gasteiger partial charge in [0.1, 0.15) is 6.61 Å². The van der Waals surface area contributed by atoms with Gasteiger partial charge in [-0.1, -0.05) is 30.3 Å². The van der Waals surface area contributed by atoms with E-state index in [2.05, 4.69) is 12.1 Å². The molecule has 17 heavy (non-hydrogen) atoms. The van der Waals surface area contributed by atoms with Crippen LogP contribution in [0.2, 0.25) is 0 Å². The number of carbonyl (C=O) groups is 1. The van der Waals surface area contributed by atoms with Crippen LogP contribution in [0.15, 0.2) is 30.3 Å². The summed E-state index contributed by atoms with van der Waals surface area (Å²) in [5, 5.41) is 0. The van der Waals surface area contributed by atoms with Crippen molar-refractivity contribution in [3.63, 3.8) is 0 Å². The van der Waals surface area contributed by atoms with Crippen LogP contribution in [-0.2, 0) is 16.0 Å². The molecule has 1 rings (SSSR count). The Morgan fingerprint density at radius 1 is 1.29 bits per heavy atom. The Kier molecular flexibility index (Phi) is 6.33. The molecule has 0 heterocycles. The standard InChI is InChI=1S/C14H21NO2/c1-3-17-12-14(16)15(2)11-7-10-13-8-5-4-6-9-13/h4-6,8-9H,3,7,10-12H2,1-2H3. The second kappa shape index (κ2) is 7.85. The third-order valence-electron chi connectivity index (χ3n) is 2.66. The van der Waals surface area contributed by atoms with Crippen LogP contribution in [0.5, 0.6) is 0 Å². The average molecular weight is 235 g/mol. The van der Waals surface area contributed by atoms with Crippen LogP contribution in [0.25, 0.3) is 0 Å². The van der Waals surface area contributed by atoms with Gasteiger partial charge in [-0.25, -0.2) is 0 Å². The number of carbonyl (C=O) groups excluding carboxylic acids is 1. The van der Waals surface area contributed by atoms with Gasteiger partial charge in [-0.05, 0) is 25.3 Å². The molecule has 0 aliphatic rings. The van der Waals surface area contributed by atoms with Gasteiger partial charge >= 0.3 is 0 Å². The second-order valence-electron chi connectivity index (χ2n) is 4.04. The fourth-order valence-electron chi connectivity index (χ4n) is 1.59. The van der Waals surface area contributed by atoms with Gasteiger partial charge in [-0.15, -0.1) is 0 Å². The first-order valence-electron chi connectivity index (χ1n) is 6.09. The van der Waals surface area contributed by atoms with E-state index in [1.54, 1.807) is 4.90 Å². The number of hydrogen-bond donors (Lipinski definition) is 0. The molecule has 3 heteroatoms. The summed E-state index contributed by atoms with van der Waals surface area (Å²) in [5.74, 6) is 0.0555. The topological polar surface area (TPSA) is 29.5 Å². The summed E-state index contributed by atoms with van der Waals surface area (Å²) in [6.07, 6.45) is 1.99. The largest absolute Gasteiger partial charge is 0.372 e. The fraction of sp³-hybridized carbons (Fsp3) is 0.500. The van der Waals surface area contributed by atoms with Crippen molar-refractivity contribution in [3.8, 4) is 0 Å². The van der Waals surface area contributed by atoms with Gasteiger partial charge < -0.3 is 9.64 Å². The highest BCUT2D eigenvalue weighted by molar-refractivity contribution is 5.77. The molecule has 0 aromatic heterocycles. The number of aryl methyl sites for hydroxylation is 1. The third-order valence-corrected chi connectivity index (χ3v) is 2.66. The predicted molar refractivity (Wildman–Crippen MR) is 68.9 cm³/mol. The Morgan fingerprint density at radius 2 is 2.00 bits per heavy atom. The van der Waals surface area contributed by atoms with Crippen molar-refractivity contribution in [2.24, 2.45) is 0 Å². The summed E-state index contributed by atoms with van der Waals surface area (Å²) >= 11 is 0. The minimum Gasteiger partial charge on any atom is -0.372 e. The molecule has 0 radical (unpaired) electrons. The predicted octanol–water partition coefficient (Wildman–Crippen LogP) is 2.11. The number of rotatable bonds is 7. The van der Waals surface area contributed by atoms with E-state index < -0.39 is 0 Å². The highest BCUT2D eigenvalue weighted by Gasteiger charge is 2.07. The van der Waals surface area contributed by atoms with E-state index in [-0.39, 0.29) is 12.5 Å². The second-order valence-corrected chi connectivity index (χ2v) is 4.04. The normalized spacial score (nSPS) is 10.2. The van der Waals surface area contributed by atoms with E-state index in [1.165, 1.54) is 5.56 Å². The van der Waals surface area contributed by atoms with E-state index in [1.807, 2.05) is 32.2 Å². The van der Waals surface area contributed by atoms with Crippen molar-refractivity contribution in [2.45, 2.75) is 19.8 Å². The molecule has 0 saturated heterocycles. The lowest BCUT2D eigenvalue weighted by Gasteiger charge is -2.16. The van der Waals surface area contributed by atoms with Crippen LogP contribution in [0.1, 0.15) is 18.9 Å². The molecule has 1 aromatic rings. The molecule has 0 unspecified atom stereocenters. The average Bonchev–Trinajstić information content (AvgIpc) is 2.37. The van der Waals surface area contributed by atoms with E-state index in [9.17, 15) is 4.79 Å². The van der Waals surface area contributed by atoms with Gasteiger partial charge in [0.25, 0.3) is 0 Å². The van der Waals surface area contributed by atoms with Crippen LogP contribution in [-0.4, -0.2) is 37.6 Å². The number of ether oxygens (including phenoxy) is 1. The maximum atomic E-state index is 11.5. The molecular weight excluding hydrogens is 214 g/mol.